The molecule has 1 N–H and O–H groups in total. The van der Waals surface area contributed by atoms with E-state index in [2.05, 4.69) is 10.1 Å². The number of halogens is 3. The lowest BCUT2D eigenvalue weighted by Crippen LogP contribution is -2.38. The van der Waals surface area contributed by atoms with Crippen LogP contribution in [0.15, 0.2) is 41.1 Å². The van der Waals surface area contributed by atoms with Gasteiger partial charge in [0.1, 0.15) is 0 Å². The van der Waals surface area contributed by atoms with E-state index in [4.69, 9.17) is 0 Å². The van der Waals surface area contributed by atoms with Crippen molar-refractivity contribution in [1.82, 2.24) is 5.32 Å². The number of methoxy groups -OCH3 is 1. The van der Waals surface area contributed by atoms with Crippen LogP contribution in [0.5, 0.6) is 0 Å². The molecule has 0 atom stereocenters. The van der Waals surface area contributed by atoms with Gasteiger partial charge < -0.3 is 10.1 Å². The van der Waals surface area contributed by atoms with Crippen LogP contribution < -0.4 is 5.32 Å². The van der Waals surface area contributed by atoms with Gasteiger partial charge in [0.2, 0.25) is 5.41 Å². The van der Waals surface area contributed by atoms with Gasteiger partial charge in [0.05, 0.1) is 46.6 Å². The van der Waals surface area contributed by atoms with Gasteiger partial charge in [0.25, 0.3) is 5.69 Å². The number of para-hydroxylation sites is 1. The van der Waals surface area contributed by atoms with Crippen molar-refractivity contribution in [2.45, 2.75) is 44.3 Å². The minimum atomic E-state index is -5.16. The molecule has 2 aliphatic rings. The van der Waals surface area contributed by atoms with E-state index in [1.165, 1.54) is 12.1 Å². The lowest BCUT2D eigenvalue weighted by molar-refractivity contribution is -0.385. The summed E-state index contributed by atoms with van der Waals surface area (Å²) in [5.41, 5.74) is -7.83. The maximum atomic E-state index is 14.4. The molecule has 0 aromatic heterocycles. The van der Waals surface area contributed by atoms with Gasteiger partial charge >= 0.3 is 12.1 Å². The average molecular weight is 460 g/mol. The first-order chi connectivity index (χ1) is 15.6. The smallest absolute Gasteiger partial charge is 0.419 e. The van der Waals surface area contributed by atoms with Gasteiger partial charge in [-0.3, -0.25) is 10.1 Å². The molecule has 0 aliphatic heterocycles. The van der Waals surface area contributed by atoms with E-state index in [-0.39, 0.29) is 0 Å². The fourth-order valence-corrected chi connectivity index (χ4v) is 4.40. The van der Waals surface area contributed by atoms with Crippen molar-refractivity contribution in [3.05, 3.63) is 56.8 Å². The summed E-state index contributed by atoms with van der Waals surface area (Å²) >= 11 is 0. The molecular formula is C22H19F3N4O4. The Morgan fingerprint density at radius 3 is 2.33 bits per heavy atom. The SMILES string of the molecule is COC(=O)C1=C(c2ccccc2[N+](=O)[O-])C(C#N)(C#N)C(NC2CCCCC2)=C1C(F)(F)F. The molecule has 0 heterocycles. The Labute approximate surface area is 187 Å². The largest absolute Gasteiger partial charge is 0.465 e. The zero-order chi connectivity index (χ0) is 24.4. The van der Waals surface area contributed by atoms with Crippen LogP contribution >= 0.6 is 0 Å². The van der Waals surface area contributed by atoms with Crippen molar-refractivity contribution in [2.75, 3.05) is 7.11 Å². The number of hydrogen-bond acceptors (Lipinski definition) is 7. The Morgan fingerprint density at radius 2 is 1.82 bits per heavy atom. The van der Waals surface area contributed by atoms with Crippen LogP contribution in [0.3, 0.4) is 0 Å². The number of ether oxygens (including phenoxy) is 1. The number of nitro benzene ring substituents is 1. The van der Waals surface area contributed by atoms with Gasteiger partial charge in [-0.15, -0.1) is 0 Å². The Morgan fingerprint density at radius 1 is 1.21 bits per heavy atom. The Kier molecular flexibility index (Phi) is 6.45. The van der Waals surface area contributed by atoms with E-state index in [1.54, 1.807) is 12.1 Å². The van der Waals surface area contributed by atoms with E-state index >= 15 is 0 Å². The molecule has 1 aromatic rings. The summed E-state index contributed by atoms with van der Waals surface area (Å²) in [7, 11) is 0.855. The number of nitriles is 2. The third-order valence-corrected chi connectivity index (χ3v) is 5.83. The number of nitro groups is 1. The summed E-state index contributed by atoms with van der Waals surface area (Å²) < 4.78 is 47.7. The van der Waals surface area contributed by atoms with Crippen LogP contribution in [-0.4, -0.2) is 30.2 Å². The lowest BCUT2D eigenvalue weighted by atomic mass is 9.77. The Balaban J connectivity index is 2.42. The summed E-state index contributed by atoms with van der Waals surface area (Å²) in [6, 6.07) is 7.51. The van der Waals surface area contributed by atoms with Gasteiger partial charge in [0, 0.05) is 17.7 Å². The molecule has 0 amide bonds. The molecule has 0 spiro atoms. The third-order valence-electron chi connectivity index (χ3n) is 5.83. The number of benzene rings is 1. The van der Waals surface area contributed by atoms with Crippen LogP contribution in [0.4, 0.5) is 18.9 Å². The molecule has 1 aromatic carbocycles. The zero-order valence-electron chi connectivity index (χ0n) is 17.5. The van der Waals surface area contributed by atoms with Crippen LogP contribution in [0.2, 0.25) is 0 Å². The molecule has 11 heteroatoms. The zero-order valence-corrected chi connectivity index (χ0v) is 17.5. The fourth-order valence-electron chi connectivity index (χ4n) is 4.40. The van der Waals surface area contributed by atoms with E-state index in [0.29, 0.717) is 12.8 Å². The molecule has 0 bridgehead atoms. The highest BCUT2D eigenvalue weighted by molar-refractivity contribution is 6.09. The molecule has 0 saturated heterocycles. The van der Waals surface area contributed by atoms with Crippen molar-refractivity contribution < 1.29 is 27.6 Å². The molecule has 172 valence electrons. The van der Waals surface area contributed by atoms with Gasteiger partial charge in [-0.25, -0.2) is 4.79 Å². The Bertz CT molecular complexity index is 1120. The van der Waals surface area contributed by atoms with Crippen molar-refractivity contribution in [2.24, 2.45) is 5.41 Å². The number of nitrogens with one attached hydrogen (secondary N) is 1. The maximum Gasteiger partial charge on any atom is 0.419 e. The first-order valence-corrected chi connectivity index (χ1v) is 10.1. The molecule has 33 heavy (non-hydrogen) atoms. The van der Waals surface area contributed by atoms with Gasteiger partial charge in [0.15, 0.2) is 0 Å². The lowest BCUT2D eigenvalue weighted by Gasteiger charge is -2.30. The molecule has 0 unspecified atom stereocenters. The van der Waals surface area contributed by atoms with Gasteiger partial charge in [-0.1, -0.05) is 31.4 Å². The molecule has 1 saturated carbocycles. The van der Waals surface area contributed by atoms with Crippen LogP contribution in [0, 0.1) is 38.2 Å². The number of carbonyl (C=O) groups excluding carboxylic acids is 1. The highest BCUT2D eigenvalue weighted by atomic mass is 19.4. The summed E-state index contributed by atoms with van der Waals surface area (Å²) in [6.45, 7) is 0. The monoisotopic (exact) mass is 460 g/mol. The molecule has 3 rings (SSSR count). The van der Waals surface area contributed by atoms with Crippen molar-refractivity contribution in [1.29, 1.82) is 10.5 Å². The number of alkyl halides is 3. The molecule has 8 nitrogen and oxygen atoms in total. The number of rotatable bonds is 5. The number of esters is 1. The summed E-state index contributed by atoms with van der Waals surface area (Å²) in [6.07, 6.45) is -1.76. The van der Waals surface area contributed by atoms with Crippen molar-refractivity contribution in [3.8, 4) is 12.1 Å². The highest BCUT2D eigenvalue weighted by Crippen LogP contribution is 2.56. The van der Waals surface area contributed by atoms with E-state index in [0.717, 1.165) is 38.5 Å². The summed E-state index contributed by atoms with van der Waals surface area (Å²) in [5.74, 6) is -1.45. The fraction of sp³-hybridized carbons (Fsp3) is 0.409. The van der Waals surface area contributed by atoms with E-state index < -0.39 is 62.2 Å². The van der Waals surface area contributed by atoms with Crippen LogP contribution in [0.1, 0.15) is 37.7 Å². The first-order valence-electron chi connectivity index (χ1n) is 10.1. The van der Waals surface area contributed by atoms with E-state index in [1.807, 2.05) is 0 Å². The second kappa shape index (κ2) is 8.94. The topological polar surface area (TPSA) is 129 Å². The minimum absolute atomic E-state index is 0.437. The number of hydrogen-bond donors (Lipinski definition) is 1. The van der Waals surface area contributed by atoms with Gasteiger partial charge in [-0.2, -0.15) is 23.7 Å². The normalized spacial score (nSPS) is 18.5. The standard InChI is InChI=1S/C22H19F3N4O4/c1-33-20(30)16-17(14-9-5-6-10-15(14)29(31)32)21(11-26,12-27)19(18(16)22(23,24)25)28-13-7-3-2-4-8-13/h5-6,9-10,13,28H,2-4,7-8H2,1H3. The molecule has 1 fully saturated rings. The van der Waals surface area contributed by atoms with Crippen LogP contribution in [-0.2, 0) is 9.53 Å². The predicted molar refractivity (Wildman–Crippen MR) is 109 cm³/mol. The quantitative estimate of drug-likeness (QED) is 0.394. The number of nitrogens with zero attached hydrogens (tertiary/aromatic N) is 3. The second-order valence-corrected chi connectivity index (χ2v) is 7.72. The summed E-state index contributed by atoms with van der Waals surface area (Å²) in [4.78, 5) is 23.5. The predicted octanol–water partition coefficient (Wildman–Crippen LogP) is 4.31. The Hall–Kier alpha value is -3.86. The maximum absolute atomic E-state index is 14.4. The molecule has 2 aliphatic carbocycles. The second-order valence-electron chi connectivity index (χ2n) is 7.72. The van der Waals surface area contributed by atoms with Crippen molar-refractivity contribution in [3.63, 3.8) is 0 Å². The first kappa shape index (κ1) is 23.8. The van der Waals surface area contributed by atoms with E-state index in [9.17, 15) is 38.6 Å². The summed E-state index contributed by atoms with van der Waals surface area (Å²) in [5, 5.41) is 34.5. The molecule has 0 radical (unpaired) electrons. The van der Waals surface area contributed by atoms with Crippen LogP contribution in [0.25, 0.3) is 5.57 Å². The minimum Gasteiger partial charge on any atom is -0.465 e. The number of allylic oxidation sites excluding steroid dienone is 1. The highest BCUT2D eigenvalue weighted by Gasteiger charge is 2.59. The number of carbonyl (C=O) groups is 1. The third kappa shape index (κ3) is 4.02. The molecular weight excluding hydrogens is 441 g/mol. The van der Waals surface area contributed by atoms with Gasteiger partial charge in [-0.05, 0) is 18.9 Å². The van der Waals surface area contributed by atoms with Crippen molar-refractivity contribution >= 4 is 17.2 Å². The average Bonchev–Trinajstić information content (AvgIpc) is 3.09.